The van der Waals surface area contributed by atoms with Crippen molar-refractivity contribution in [3.63, 3.8) is 0 Å². The first kappa shape index (κ1) is 8.81. The monoisotopic (exact) mass is 184 g/mol. The van der Waals surface area contributed by atoms with E-state index in [0.29, 0.717) is 5.41 Å². The van der Waals surface area contributed by atoms with Crippen molar-refractivity contribution in [2.75, 3.05) is 33.3 Å². The number of ether oxygens (including phenoxy) is 1. The van der Waals surface area contributed by atoms with Crippen molar-refractivity contribution < 1.29 is 9.53 Å². The quantitative estimate of drug-likeness (QED) is 0.594. The average Bonchev–Trinajstić information content (AvgIpc) is 2.14. The highest BCUT2D eigenvalue weighted by Crippen LogP contribution is 2.34. The first-order valence-corrected chi connectivity index (χ1v) is 4.79. The van der Waals surface area contributed by atoms with Gasteiger partial charge in [-0.05, 0) is 18.3 Å². The molecule has 0 unspecified atom stereocenters. The summed E-state index contributed by atoms with van der Waals surface area (Å²) >= 11 is 0. The van der Waals surface area contributed by atoms with Gasteiger partial charge in [0, 0.05) is 26.2 Å². The Kier molecular flexibility index (Phi) is 2.15. The molecule has 2 aliphatic heterocycles. The summed E-state index contributed by atoms with van der Waals surface area (Å²) in [7, 11) is 1.44. The van der Waals surface area contributed by atoms with Crippen LogP contribution in [0.25, 0.3) is 0 Å². The van der Waals surface area contributed by atoms with E-state index in [1.54, 1.807) is 4.90 Å². The fourth-order valence-corrected chi connectivity index (χ4v) is 2.12. The number of likely N-dealkylation sites (tertiary alicyclic amines) is 1. The predicted octanol–water partition coefficient (Wildman–Crippen LogP) is 0.438. The van der Waals surface area contributed by atoms with Crippen molar-refractivity contribution in [1.82, 2.24) is 10.2 Å². The molecular weight excluding hydrogens is 168 g/mol. The van der Waals surface area contributed by atoms with Gasteiger partial charge in [-0.15, -0.1) is 0 Å². The Hall–Kier alpha value is -0.770. The maximum absolute atomic E-state index is 11.2. The average molecular weight is 184 g/mol. The van der Waals surface area contributed by atoms with E-state index in [9.17, 15) is 4.79 Å². The van der Waals surface area contributed by atoms with Gasteiger partial charge >= 0.3 is 6.09 Å². The van der Waals surface area contributed by atoms with Crippen LogP contribution in [0.1, 0.15) is 12.8 Å². The Balaban J connectivity index is 1.85. The smallest absolute Gasteiger partial charge is 0.409 e. The van der Waals surface area contributed by atoms with Gasteiger partial charge in [-0.25, -0.2) is 4.79 Å². The van der Waals surface area contributed by atoms with E-state index < -0.39 is 0 Å². The molecule has 2 rings (SSSR count). The lowest BCUT2D eigenvalue weighted by atomic mass is 9.73. The fraction of sp³-hybridized carbons (Fsp3) is 0.889. The second-order valence-corrected chi connectivity index (χ2v) is 4.06. The summed E-state index contributed by atoms with van der Waals surface area (Å²) in [6, 6.07) is 0. The minimum absolute atomic E-state index is 0.179. The van der Waals surface area contributed by atoms with Gasteiger partial charge in [0.15, 0.2) is 0 Å². The molecule has 0 aromatic carbocycles. The van der Waals surface area contributed by atoms with E-state index in [-0.39, 0.29) is 6.09 Å². The van der Waals surface area contributed by atoms with Crippen molar-refractivity contribution in [2.45, 2.75) is 12.8 Å². The third-order valence-corrected chi connectivity index (χ3v) is 3.26. The molecule has 0 saturated carbocycles. The number of hydrogen-bond acceptors (Lipinski definition) is 3. The molecule has 2 heterocycles. The van der Waals surface area contributed by atoms with Crippen LogP contribution >= 0.6 is 0 Å². The van der Waals surface area contributed by atoms with Crippen LogP contribution in [0.2, 0.25) is 0 Å². The van der Waals surface area contributed by atoms with Crippen LogP contribution < -0.4 is 5.32 Å². The van der Waals surface area contributed by atoms with E-state index in [0.717, 1.165) is 39.0 Å². The molecule has 0 aliphatic carbocycles. The SMILES string of the molecule is COC(=O)N1CCC2(CC1)CNC2. The highest BCUT2D eigenvalue weighted by Gasteiger charge is 2.40. The van der Waals surface area contributed by atoms with Crippen LogP contribution in [-0.2, 0) is 4.74 Å². The molecule has 2 fully saturated rings. The largest absolute Gasteiger partial charge is 0.453 e. The van der Waals surface area contributed by atoms with E-state index in [1.165, 1.54) is 7.11 Å². The molecule has 0 radical (unpaired) electrons. The molecule has 13 heavy (non-hydrogen) atoms. The minimum atomic E-state index is -0.179. The van der Waals surface area contributed by atoms with Crippen molar-refractivity contribution in [2.24, 2.45) is 5.41 Å². The van der Waals surface area contributed by atoms with Crippen molar-refractivity contribution in [1.29, 1.82) is 0 Å². The Morgan fingerprint density at radius 3 is 2.38 bits per heavy atom. The molecule has 2 aliphatic rings. The number of carbonyl (C=O) groups is 1. The molecule has 0 aromatic rings. The summed E-state index contributed by atoms with van der Waals surface area (Å²) in [6.07, 6.45) is 2.06. The van der Waals surface area contributed by atoms with Gasteiger partial charge in [0.1, 0.15) is 0 Å². The van der Waals surface area contributed by atoms with E-state index in [2.05, 4.69) is 10.1 Å². The van der Waals surface area contributed by atoms with E-state index >= 15 is 0 Å². The molecule has 2 saturated heterocycles. The second kappa shape index (κ2) is 3.18. The molecule has 4 nitrogen and oxygen atoms in total. The van der Waals surface area contributed by atoms with Gasteiger partial charge in [0.25, 0.3) is 0 Å². The number of nitrogens with one attached hydrogen (secondary N) is 1. The highest BCUT2D eigenvalue weighted by molar-refractivity contribution is 5.67. The van der Waals surface area contributed by atoms with Crippen LogP contribution in [0.4, 0.5) is 4.79 Å². The van der Waals surface area contributed by atoms with Crippen LogP contribution in [0.3, 0.4) is 0 Å². The van der Waals surface area contributed by atoms with Gasteiger partial charge in [0.05, 0.1) is 7.11 Å². The number of piperidine rings is 1. The molecule has 1 spiro atoms. The summed E-state index contributed by atoms with van der Waals surface area (Å²) in [6.45, 7) is 3.97. The first-order chi connectivity index (χ1) is 6.26. The Labute approximate surface area is 78.2 Å². The number of amides is 1. The van der Waals surface area contributed by atoms with Gasteiger partial charge in [-0.1, -0.05) is 0 Å². The first-order valence-electron chi connectivity index (χ1n) is 4.79. The Morgan fingerprint density at radius 2 is 2.00 bits per heavy atom. The lowest BCUT2D eigenvalue weighted by Gasteiger charge is -2.47. The number of rotatable bonds is 0. The molecule has 0 atom stereocenters. The molecule has 74 valence electrons. The van der Waals surface area contributed by atoms with Gasteiger partial charge in [-0.3, -0.25) is 0 Å². The normalized spacial score (nSPS) is 25.5. The fourth-order valence-electron chi connectivity index (χ4n) is 2.12. The van der Waals surface area contributed by atoms with E-state index in [1.807, 2.05) is 0 Å². The van der Waals surface area contributed by atoms with Crippen LogP contribution in [0.15, 0.2) is 0 Å². The predicted molar refractivity (Wildman–Crippen MR) is 48.5 cm³/mol. The lowest BCUT2D eigenvalue weighted by Crippen LogP contribution is -2.58. The standard InChI is InChI=1S/C9H16N2O2/c1-13-8(12)11-4-2-9(3-5-11)6-10-7-9/h10H,2-7H2,1H3. The Morgan fingerprint density at radius 1 is 1.38 bits per heavy atom. The van der Waals surface area contributed by atoms with E-state index in [4.69, 9.17) is 0 Å². The van der Waals surface area contributed by atoms with Gasteiger partial charge in [0.2, 0.25) is 0 Å². The topological polar surface area (TPSA) is 41.6 Å². The van der Waals surface area contributed by atoms with Crippen molar-refractivity contribution in [3.8, 4) is 0 Å². The minimum Gasteiger partial charge on any atom is -0.453 e. The number of methoxy groups -OCH3 is 1. The third kappa shape index (κ3) is 1.50. The summed E-state index contributed by atoms with van der Waals surface area (Å²) in [5, 5.41) is 3.30. The summed E-state index contributed by atoms with van der Waals surface area (Å²) in [5.41, 5.74) is 0.504. The summed E-state index contributed by atoms with van der Waals surface area (Å²) < 4.78 is 4.68. The molecular formula is C9H16N2O2. The van der Waals surface area contributed by atoms with Gasteiger partial charge in [-0.2, -0.15) is 0 Å². The van der Waals surface area contributed by atoms with Crippen molar-refractivity contribution >= 4 is 6.09 Å². The molecule has 0 bridgehead atoms. The second-order valence-electron chi connectivity index (χ2n) is 4.06. The Bertz CT molecular complexity index is 204. The highest BCUT2D eigenvalue weighted by atomic mass is 16.5. The van der Waals surface area contributed by atoms with Gasteiger partial charge < -0.3 is 15.0 Å². The zero-order chi connectivity index (χ0) is 9.31. The summed E-state index contributed by atoms with van der Waals surface area (Å²) in [5.74, 6) is 0. The molecule has 1 amide bonds. The van der Waals surface area contributed by atoms with Crippen LogP contribution in [0.5, 0.6) is 0 Å². The number of carbonyl (C=O) groups excluding carboxylic acids is 1. The number of nitrogens with zero attached hydrogens (tertiary/aromatic N) is 1. The lowest BCUT2D eigenvalue weighted by molar-refractivity contribution is 0.0480. The molecule has 0 aromatic heterocycles. The number of hydrogen-bond donors (Lipinski definition) is 1. The summed E-state index contributed by atoms with van der Waals surface area (Å²) in [4.78, 5) is 13.0. The maximum atomic E-state index is 11.2. The van der Waals surface area contributed by atoms with Crippen LogP contribution in [-0.4, -0.2) is 44.3 Å². The zero-order valence-electron chi connectivity index (χ0n) is 8.01. The van der Waals surface area contributed by atoms with Crippen LogP contribution in [0, 0.1) is 5.41 Å². The molecule has 1 N–H and O–H groups in total. The molecule has 4 heteroatoms. The maximum Gasteiger partial charge on any atom is 0.409 e. The van der Waals surface area contributed by atoms with Crippen molar-refractivity contribution in [3.05, 3.63) is 0 Å². The third-order valence-electron chi connectivity index (χ3n) is 3.26. The zero-order valence-corrected chi connectivity index (χ0v) is 8.01.